The molecule has 0 saturated heterocycles. The van der Waals surface area contributed by atoms with Crippen LogP contribution in [0.15, 0.2) is 12.7 Å². The number of nitriles is 1. The van der Waals surface area contributed by atoms with Gasteiger partial charge in [-0.05, 0) is 13.8 Å². The highest BCUT2D eigenvalue weighted by Crippen LogP contribution is 2.16. The van der Waals surface area contributed by atoms with Gasteiger partial charge in [0.25, 0.3) is 0 Å². The Hall–Kier alpha value is -1.10. The van der Waals surface area contributed by atoms with Gasteiger partial charge in [0.15, 0.2) is 5.78 Å². The lowest BCUT2D eigenvalue weighted by molar-refractivity contribution is -0.121. The molecule has 2 nitrogen and oxygen atoms in total. The fraction of sp³-hybridized carbons (Fsp3) is 0.429. The number of carbonyl (C=O) groups excluding carboxylic acids is 1. The van der Waals surface area contributed by atoms with Crippen molar-refractivity contribution in [3.63, 3.8) is 0 Å². The Kier molecular flexibility index (Phi) is 2.15. The second-order valence-corrected chi connectivity index (χ2v) is 2.07. The molecule has 0 aliphatic heterocycles. The first kappa shape index (κ1) is 7.90. The van der Waals surface area contributed by atoms with Gasteiger partial charge >= 0.3 is 0 Å². The van der Waals surface area contributed by atoms with Crippen LogP contribution in [0.1, 0.15) is 13.8 Å². The molecule has 1 unspecified atom stereocenters. The van der Waals surface area contributed by atoms with Crippen LogP contribution in [0.2, 0.25) is 0 Å². The van der Waals surface area contributed by atoms with Crippen molar-refractivity contribution in [1.29, 1.82) is 5.26 Å². The van der Waals surface area contributed by atoms with E-state index in [9.17, 15) is 4.79 Å². The van der Waals surface area contributed by atoms with Gasteiger partial charge in [-0.1, -0.05) is 6.08 Å². The van der Waals surface area contributed by atoms with Crippen molar-refractivity contribution in [2.24, 2.45) is 5.41 Å². The summed E-state index contributed by atoms with van der Waals surface area (Å²) in [5.74, 6) is -0.167. The molecule has 0 radical (unpaired) electrons. The molecule has 0 saturated carbocycles. The summed E-state index contributed by atoms with van der Waals surface area (Å²) >= 11 is 0. The van der Waals surface area contributed by atoms with Crippen LogP contribution in [0, 0.1) is 16.7 Å². The number of nitrogens with zero attached hydrogens (tertiary/aromatic N) is 1. The summed E-state index contributed by atoms with van der Waals surface area (Å²) < 4.78 is 0. The molecular formula is C7H9NO. The second kappa shape index (κ2) is 2.45. The number of hydrogen-bond acceptors (Lipinski definition) is 2. The van der Waals surface area contributed by atoms with E-state index in [0.29, 0.717) is 0 Å². The summed E-state index contributed by atoms with van der Waals surface area (Å²) in [6.07, 6.45) is 1.36. The normalized spacial score (nSPS) is 15.2. The monoisotopic (exact) mass is 123 g/mol. The van der Waals surface area contributed by atoms with Crippen LogP contribution in [0.4, 0.5) is 0 Å². The summed E-state index contributed by atoms with van der Waals surface area (Å²) in [5, 5.41) is 8.41. The van der Waals surface area contributed by atoms with E-state index in [2.05, 4.69) is 6.58 Å². The molecule has 0 aromatic rings. The van der Waals surface area contributed by atoms with Crippen LogP contribution in [0.3, 0.4) is 0 Å². The van der Waals surface area contributed by atoms with Crippen molar-refractivity contribution in [2.75, 3.05) is 0 Å². The summed E-state index contributed by atoms with van der Waals surface area (Å²) in [6, 6.07) is 1.86. The molecule has 48 valence electrons. The zero-order valence-electron chi connectivity index (χ0n) is 5.64. The molecule has 0 aliphatic rings. The highest BCUT2D eigenvalue weighted by molar-refractivity contribution is 5.86. The summed E-state index contributed by atoms with van der Waals surface area (Å²) in [4.78, 5) is 10.6. The number of carbonyl (C=O) groups is 1. The van der Waals surface area contributed by atoms with Crippen LogP contribution in [-0.4, -0.2) is 5.78 Å². The van der Waals surface area contributed by atoms with Gasteiger partial charge in [-0.3, -0.25) is 4.79 Å². The number of hydrogen-bond donors (Lipinski definition) is 0. The minimum Gasteiger partial charge on any atom is -0.298 e. The van der Waals surface area contributed by atoms with Crippen molar-refractivity contribution in [1.82, 2.24) is 0 Å². The number of Topliss-reactive ketones (excluding diaryl/α,β-unsaturated/α-hetero) is 1. The highest BCUT2D eigenvalue weighted by Gasteiger charge is 2.24. The fourth-order valence-electron chi connectivity index (χ4n) is 0.268. The van der Waals surface area contributed by atoms with Gasteiger partial charge in [0.2, 0.25) is 0 Å². The van der Waals surface area contributed by atoms with Gasteiger partial charge < -0.3 is 0 Å². The third-order valence-electron chi connectivity index (χ3n) is 1.37. The molecule has 9 heavy (non-hydrogen) atoms. The van der Waals surface area contributed by atoms with E-state index in [4.69, 9.17) is 5.26 Å². The topological polar surface area (TPSA) is 40.9 Å². The number of allylic oxidation sites excluding steroid dienone is 1. The van der Waals surface area contributed by atoms with Crippen LogP contribution < -0.4 is 0 Å². The molecule has 0 heterocycles. The van der Waals surface area contributed by atoms with Gasteiger partial charge in [-0.25, -0.2) is 0 Å². The molecule has 0 amide bonds. The second-order valence-electron chi connectivity index (χ2n) is 2.07. The van der Waals surface area contributed by atoms with Crippen molar-refractivity contribution in [3.8, 4) is 6.07 Å². The van der Waals surface area contributed by atoms with E-state index in [-0.39, 0.29) is 5.78 Å². The molecule has 2 heteroatoms. The number of rotatable bonds is 2. The Labute approximate surface area is 54.8 Å². The maximum atomic E-state index is 10.6. The fourth-order valence-corrected chi connectivity index (χ4v) is 0.268. The first-order valence-corrected chi connectivity index (χ1v) is 2.62. The standard InChI is InChI=1S/C7H9NO/c1-4-7(3,5-8)6(2)9/h4H,1H2,2-3H3. The Morgan fingerprint density at radius 3 is 2.33 bits per heavy atom. The molecule has 0 aromatic carbocycles. The van der Waals surface area contributed by atoms with E-state index >= 15 is 0 Å². The van der Waals surface area contributed by atoms with Crippen LogP contribution in [0.5, 0.6) is 0 Å². The van der Waals surface area contributed by atoms with E-state index in [1.54, 1.807) is 6.92 Å². The molecule has 0 spiro atoms. The lowest BCUT2D eigenvalue weighted by Crippen LogP contribution is -2.19. The first-order chi connectivity index (χ1) is 4.06. The van der Waals surface area contributed by atoms with Crippen molar-refractivity contribution < 1.29 is 4.79 Å². The van der Waals surface area contributed by atoms with Gasteiger partial charge in [-0.15, -0.1) is 6.58 Å². The SMILES string of the molecule is C=CC(C)(C#N)C(C)=O. The maximum Gasteiger partial charge on any atom is 0.153 e. The number of ketones is 1. The Morgan fingerprint density at radius 1 is 1.89 bits per heavy atom. The maximum absolute atomic E-state index is 10.6. The lowest BCUT2D eigenvalue weighted by atomic mass is 9.89. The Morgan fingerprint density at radius 2 is 2.33 bits per heavy atom. The molecular weight excluding hydrogens is 114 g/mol. The molecule has 0 aromatic heterocycles. The van der Waals surface area contributed by atoms with Gasteiger partial charge in [0.1, 0.15) is 5.41 Å². The Bertz CT molecular complexity index is 178. The van der Waals surface area contributed by atoms with Crippen LogP contribution in [-0.2, 0) is 4.79 Å². The smallest absolute Gasteiger partial charge is 0.153 e. The van der Waals surface area contributed by atoms with Crippen molar-refractivity contribution in [3.05, 3.63) is 12.7 Å². The molecule has 1 atom stereocenters. The van der Waals surface area contributed by atoms with E-state index in [1.807, 2.05) is 6.07 Å². The van der Waals surface area contributed by atoms with Crippen molar-refractivity contribution >= 4 is 5.78 Å². The summed E-state index contributed by atoms with van der Waals surface area (Å²) in [7, 11) is 0. The summed E-state index contributed by atoms with van der Waals surface area (Å²) in [5.41, 5.74) is -0.986. The van der Waals surface area contributed by atoms with Crippen molar-refractivity contribution in [2.45, 2.75) is 13.8 Å². The lowest BCUT2D eigenvalue weighted by Gasteiger charge is -2.09. The molecule has 0 N–H and O–H groups in total. The predicted molar refractivity (Wildman–Crippen MR) is 34.6 cm³/mol. The largest absolute Gasteiger partial charge is 0.298 e. The molecule has 0 bridgehead atoms. The average Bonchev–Trinajstić information content (AvgIpc) is 1.86. The van der Waals surface area contributed by atoms with Crippen LogP contribution >= 0.6 is 0 Å². The molecule has 0 rings (SSSR count). The molecule has 0 fully saturated rings. The average molecular weight is 123 g/mol. The summed E-state index contributed by atoms with van der Waals surface area (Å²) in [6.45, 7) is 6.31. The minimum absolute atomic E-state index is 0.167. The first-order valence-electron chi connectivity index (χ1n) is 2.62. The van der Waals surface area contributed by atoms with Crippen LogP contribution in [0.25, 0.3) is 0 Å². The minimum atomic E-state index is -0.986. The highest BCUT2D eigenvalue weighted by atomic mass is 16.1. The third-order valence-corrected chi connectivity index (χ3v) is 1.37. The third kappa shape index (κ3) is 1.39. The predicted octanol–water partition coefficient (Wildman–Crippen LogP) is 1.29. The Balaban J connectivity index is 4.53. The van der Waals surface area contributed by atoms with E-state index in [1.165, 1.54) is 13.0 Å². The van der Waals surface area contributed by atoms with E-state index in [0.717, 1.165) is 0 Å². The van der Waals surface area contributed by atoms with Gasteiger partial charge in [-0.2, -0.15) is 5.26 Å². The van der Waals surface area contributed by atoms with Gasteiger partial charge in [0, 0.05) is 0 Å². The van der Waals surface area contributed by atoms with Gasteiger partial charge in [0.05, 0.1) is 6.07 Å². The quantitative estimate of drug-likeness (QED) is 0.519. The zero-order valence-corrected chi connectivity index (χ0v) is 5.64. The van der Waals surface area contributed by atoms with E-state index < -0.39 is 5.41 Å². The molecule has 0 aliphatic carbocycles. The zero-order chi connectivity index (χ0) is 7.49.